The molecule has 0 amide bonds. The third-order valence-corrected chi connectivity index (χ3v) is 5.78. The zero-order valence-corrected chi connectivity index (χ0v) is 17.8. The molecule has 0 aliphatic heterocycles. The van der Waals surface area contributed by atoms with Crippen LogP contribution in [0.4, 0.5) is 0 Å². The molecule has 2 N–H and O–H groups in total. The molecule has 3 aromatic rings. The fourth-order valence-electron chi connectivity index (χ4n) is 3.38. The van der Waals surface area contributed by atoms with Gasteiger partial charge in [0.15, 0.2) is 0 Å². The lowest BCUT2D eigenvalue weighted by Crippen LogP contribution is -2.31. The lowest BCUT2D eigenvalue weighted by Gasteiger charge is -2.23. The molecule has 152 valence electrons. The van der Waals surface area contributed by atoms with Crippen molar-refractivity contribution >= 4 is 23.2 Å². The van der Waals surface area contributed by atoms with Crippen LogP contribution in [-0.2, 0) is 14.1 Å². The molecule has 2 heterocycles. The van der Waals surface area contributed by atoms with Gasteiger partial charge in [-0.1, -0.05) is 29.3 Å². The Labute approximate surface area is 177 Å². The summed E-state index contributed by atoms with van der Waals surface area (Å²) in [5.41, 5.74) is 0.332. The summed E-state index contributed by atoms with van der Waals surface area (Å²) < 4.78 is 2.73. The second kappa shape index (κ2) is 7.61. The summed E-state index contributed by atoms with van der Waals surface area (Å²) >= 11 is 12.4. The molecule has 8 heteroatoms. The zero-order chi connectivity index (χ0) is 21.6. The van der Waals surface area contributed by atoms with Crippen LogP contribution in [0.25, 0.3) is 0 Å². The van der Waals surface area contributed by atoms with Crippen LogP contribution in [0.1, 0.15) is 34.0 Å². The van der Waals surface area contributed by atoms with E-state index in [1.165, 1.54) is 27.3 Å². The van der Waals surface area contributed by atoms with Crippen molar-refractivity contribution in [3.05, 3.63) is 89.2 Å². The summed E-state index contributed by atoms with van der Waals surface area (Å²) in [6, 6.07) is 7.50. The van der Waals surface area contributed by atoms with Crippen LogP contribution >= 0.6 is 23.2 Å². The number of rotatable bonds is 3. The average molecular weight is 435 g/mol. The monoisotopic (exact) mass is 434 g/mol. The molecule has 1 aromatic carbocycles. The molecule has 0 unspecified atom stereocenters. The summed E-state index contributed by atoms with van der Waals surface area (Å²) in [6.45, 7) is 3.36. The van der Waals surface area contributed by atoms with Crippen LogP contribution in [0.15, 0.2) is 39.9 Å². The molecular weight excluding hydrogens is 415 g/mol. The van der Waals surface area contributed by atoms with E-state index in [4.69, 9.17) is 23.2 Å². The van der Waals surface area contributed by atoms with E-state index in [-0.39, 0.29) is 27.6 Å². The number of pyridine rings is 2. The molecule has 0 atom stereocenters. The molecule has 2 aromatic heterocycles. The molecule has 0 aliphatic carbocycles. The van der Waals surface area contributed by atoms with E-state index < -0.39 is 17.0 Å². The van der Waals surface area contributed by atoms with Gasteiger partial charge in [0.05, 0.1) is 17.0 Å². The molecule has 3 rings (SSSR count). The van der Waals surface area contributed by atoms with Crippen LogP contribution in [0.3, 0.4) is 0 Å². The first kappa shape index (κ1) is 21.0. The second-order valence-electron chi connectivity index (χ2n) is 7.00. The Kier molecular flexibility index (Phi) is 5.52. The Hall–Kier alpha value is -2.70. The zero-order valence-electron chi connectivity index (χ0n) is 16.3. The summed E-state index contributed by atoms with van der Waals surface area (Å²) in [4.78, 5) is 26.2. The maximum atomic E-state index is 13.1. The number of nitrogens with zero attached hydrogens (tertiary/aromatic N) is 2. The van der Waals surface area contributed by atoms with Crippen molar-refractivity contribution in [3.63, 3.8) is 0 Å². The largest absolute Gasteiger partial charge is 0.507 e. The predicted molar refractivity (Wildman–Crippen MR) is 114 cm³/mol. The molecule has 29 heavy (non-hydrogen) atoms. The normalized spacial score (nSPS) is 11.3. The minimum absolute atomic E-state index is 0.0569. The number of benzene rings is 1. The minimum atomic E-state index is -1.10. The maximum Gasteiger partial charge on any atom is 0.258 e. The molecule has 0 radical (unpaired) electrons. The van der Waals surface area contributed by atoms with Crippen molar-refractivity contribution in [2.45, 2.75) is 19.8 Å². The summed E-state index contributed by atoms with van der Waals surface area (Å²) in [5.74, 6) is -1.68. The Morgan fingerprint density at radius 1 is 0.828 bits per heavy atom. The van der Waals surface area contributed by atoms with Crippen LogP contribution in [0.2, 0.25) is 10.0 Å². The van der Waals surface area contributed by atoms with Crippen LogP contribution in [0, 0.1) is 13.8 Å². The van der Waals surface area contributed by atoms with Gasteiger partial charge in [0.1, 0.15) is 11.5 Å². The van der Waals surface area contributed by atoms with E-state index in [1.54, 1.807) is 40.1 Å². The van der Waals surface area contributed by atoms with Gasteiger partial charge in [0.2, 0.25) is 0 Å². The van der Waals surface area contributed by atoms with Gasteiger partial charge in [-0.15, -0.1) is 0 Å². The lowest BCUT2D eigenvalue weighted by molar-refractivity contribution is 0.451. The van der Waals surface area contributed by atoms with Crippen molar-refractivity contribution < 1.29 is 10.2 Å². The molecule has 0 fully saturated rings. The van der Waals surface area contributed by atoms with Gasteiger partial charge in [-0.3, -0.25) is 9.59 Å². The molecule has 6 nitrogen and oxygen atoms in total. The quantitative estimate of drug-likeness (QED) is 0.659. The SMILES string of the molecule is Cc1cc(O)c(C(c2ccc(Cl)cc2Cl)c2c(O)cc(C)n(C)c2=O)c(=O)n1C. The van der Waals surface area contributed by atoms with Crippen molar-refractivity contribution in [1.29, 1.82) is 0 Å². The third kappa shape index (κ3) is 3.54. The van der Waals surface area contributed by atoms with E-state index in [1.807, 2.05) is 0 Å². The fourth-order valence-corrected chi connectivity index (χ4v) is 3.90. The second-order valence-corrected chi connectivity index (χ2v) is 7.84. The topological polar surface area (TPSA) is 84.5 Å². The Morgan fingerprint density at radius 2 is 1.28 bits per heavy atom. The van der Waals surface area contributed by atoms with Gasteiger partial charge in [0, 0.05) is 35.5 Å². The van der Waals surface area contributed by atoms with Crippen molar-refractivity contribution in [3.8, 4) is 11.5 Å². The van der Waals surface area contributed by atoms with Crippen molar-refractivity contribution in [1.82, 2.24) is 9.13 Å². The molecule has 0 bridgehead atoms. The Balaban J connectivity index is 2.50. The van der Waals surface area contributed by atoms with Gasteiger partial charge in [-0.05, 0) is 43.7 Å². The van der Waals surface area contributed by atoms with E-state index in [0.717, 1.165) is 0 Å². The van der Waals surface area contributed by atoms with Gasteiger partial charge in [-0.25, -0.2) is 0 Å². The smallest absolute Gasteiger partial charge is 0.258 e. The highest BCUT2D eigenvalue weighted by Gasteiger charge is 2.31. The standard InChI is InChI=1S/C21H20Cl2N2O4/c1-10-7-15(26)18(20(28)24(10)3)17(13-6-5-12(22)9-14(13)23)19-16(27)8-11(2)25(4)21(19)29/h5-9,17,26-27H,1-4H3. The number of aromatic hydroxyl groups is 2. The van der Waals surface area contributed by atoms with Gasteiger partial charge >= 0.3 is 0 Å². The fraction of sp³-hybridized carbons (Fsp3) is 0.238. The minimum Gasteiger partial charge on any atom is -0.507 e. The average Bonchev–Trinajstić information content (AvgIpc) is 2.63. The van der Waals surface area contributed by atoms with E-state index in [9.17, 15) is 19.8 Å². The highest BCUT2D eigenvalue weighted by atomic mass is 35.5. The number of halogens is 2. The lowest BCUT2D eigenvalue weighted by atomic mass is 9.84. The third-order valence-electron chi connectivity index (χ3n) is 5.22. The van der Waals surface area contributed by atoms with Gasteiger partial charge in [0.25, 0.3) is 11.1 Å². The van der Waals surface area contributed by atoms with Crippen LogP contribution < -0.4 is 11.1 Å². The number of hydrogen-bond donors (Lipinski definition) is 2. The molecule has 0 saturated heterocycles. The number of aromatic nitrogens is 2. The van der Waals surface area contributed by atoms with Crippen LogP contribution in [0.5, 0.6) is 11.5 Å². The Bertz CT molecular complexity index is 1170. The first-order valence-electron chi connectivity index (χ1n) is 8.78. The van der Waals surface area contributed by atoms with Gasteiger partial charge < -0.3 is 19.3 Å². The van der Waals surface area contributed by atoms with Crippen molar-refractivity contribution in [2.24, 2.45) is 14.1 Å². The molecule has 0 saturated carbocycles. The Morgan fingerprint density at radius 3 is 1.69 bits per heavy atom. The maximum absolute atomic E-state index is 13.1. The number of hydrogen-bond acceptors (Lipinski definition) is 4. The summed E-state index contributed by atoms with van der Waals surface area (Å²) in [6.07, 6.45) is 0. The summed E-state index contributed by atoms with van der Waals surface area (Å²) in [5, 5.41) is 21.9. The van der Waals surface area contributed by atoms with Crippen LogP contribution in [-0.4, -0.2) is 19.3 Å². The highest BCUT2D eigenvalue weighted by Crippen LogP contribution is 2.40. The predicted octanol–water partition coefficient (Wildman–Crippen LogP) is 3.60. The first-order chi connectivity index (χ1) is 13.5. The van der Waals surface area contributed by atoms with E-state index >= 15 is 0 Å². The first-order valence-corrected chi connectivity index (χ1v) is 9.54. The summed E-state index contributed by atoms with van der Waals surface area (Å²) in [7, 11) is 3.13. The molecule has 0 aliphatic rings. The molecule has 0 spiro atoms. The van der Waals surface area contributed by atoms with Gasteiger partial charge in [-0.2, -0.15) is 0 Å². The van der Waals surface area contributed by atoms with E-state index in [0.29, 0.717) is 22.0 Å². The number of aryl methyl sites for hydroxylation is 2. The highest BCUT2D eigenvalue weighted by molar-refractivity contribution is 6.35. The van der Waals surface area contributed by atoms with E-state index in [2.05, 4.69) is 0 Å². The van der Waals surface area contributed by atoms with Crippen molar-refractivity contribution in [2.75, 3.05) is 0 Å². The molecular formula is C21H20Cl2N2O4.